The van der Waals surface area contributed by atoms with Gasteiger partial charge in [-0.15, -0.1) is 0 Å². The van der Waals surface area contributed by atoms with E-state index in [4.69, 9.17) is 27.9 Å². The van der Waals surface area contributed by atoms with E-state index in [1.54, 1.807) is 0 Å². The predicted molar refractivity (Wildman–Crippen MR) is 149 cm³/mol. The average Bonchev–Trinajstić information content (AvgIpc) is 3.02. The fourth-order valence-corrected chi connectivity index (χ4v) is 5.34. The summed E-state index contributed by atoms with van der Waals surface area (Å²) in [6.07, 6.45) is 9.47. The number of piperazine rings is 1. The number of anilines is 1. The molecule has 2 aromatic carbocycles. The van der Waals surface area contributed by atoms with Crippen molar-refractivity contribution < 1.29 is 9.84 Å². The van der Waals surface area contributed by atoms with Gasteiger partial charge in [-0.1, -0.05) is 41.4 Å². The number of allylic oxidation sites excluding steroid dienone is 2. The van der Waals surface area contributed by atoms with Gasteiger partial charge in [0.05, 0.1) is 21.7 Å². The largest absolute Gasteiger partial charge is 0.490 e. The quantitative estimate of drug-likeness (QED) is 0.530. The van der Waals surface area contributed by atoms with Crippen molar-refractivity contribution >= 4 is 34.5 Å². The molecule has 2 N–H and O–H groups in total. The fraction of sp³-hybridized carbons (Fsp3) is 0.379. The third kappa shape index (κ3) is 5.45. The minimum absolute atomic E-state index is 0.106. The normalized spacial score (nSPS) is 21.2. The highest BCUT2D eigenvalue weighted by atomic mass is 35.5. The summed E-state index contributed by atoms with van der Waals surface area (Å²) >= 11 is 12.3. The Bertz CT molecular complexity index is 1210. The number of halogens is 2. The summed E-state index contributed by atoms with van der Waals surface area (Å²) in [4.78, 5) is 4.88. The van der Waals surface area contributed by atoms with Gasteiger partial charge in [0, 0.05) is 44.0 Å². The second-order valence-electron chi connectivity index (χ2n) is 10.1. The van der Waals surface area contributed by atoms with Crippen molar-refractivity contribution in [2.24, 2.45) is 0 Å². The van der Waals surface area contributed by atoms with Gasteiger partial charge in [-0.05, 0) is 79.6 Å². The van der Waals surface area contributed by atoms with E-state index in [9.17, 15) is 5.11 Å². The summed E-state index contributed by atoms with van der Waals surface area (Å²) in [6.45, 7) is 9.12. The smallest absolute Gasteiger partial charge is 0.127 e. The van der Waals surface area contributed by atoms with Crippen molar-refractivity contribution in [3.8, 4) is 5.75 Å². The second kappa shape index (κ2) is 10.5. The second-order valence-corrected chi connectivity index (χ2v) is 10.9. The van der Waals surface area contributed by atoms with Crippen LogP contribution >= 0.6 is 23.2 Å². The summed E-state index contributed by atoms with van der Waals surface area (Å²) in [5, 5.41) is 15.3. The molecule has 1 fully saturated rings. The predicted octanol–water partition coefficient (Wildman–Crippen LogP) is 5.62. The number of benzene rings is 2. The van der Waals surface area contributed by atoms with E-state index in [2.05, 4.69) is 33.3 Å². The van der Waals surface area contributed by atoms with Crippen LogP contribution in [0.5, 0.6) is 5.75 Å². The SMILES string of the molecule is CC(C)(O)c1ccc2c(c1)/C(=C/CCN1CCN(c3ccc(Cl)c(Cl)c3)CC1)C1=CC=CNC1CO2. The lowest BCUT2D eigenvalue weighted by atomic mass is 9.88. The molecule has 3 aliphatic heterocycles. The molecule has 3 heterocycles. The summed E-state index contributed by atoms with van der Waals surface area (Å²) in [5.41, 5.74) is 4.55. The summed E-state index contributed by atoms with van der Waals surface area (Å²) in [7, 11) is 0. The molecule has 0 spiro atoms. The van der Waals surface area contributed by atoms with Crippen molar-refractivity contribution in [3.63, 3.8) is 0 Å². The maximum absolute atomic E-state index is 10.6. The van der Waals surface area contributed by atoms with Gasteiger partial charge in [0.2, 0.25) is 0 Å². The van der Waals surface area contributed by atoms with Gasteiger partial charge in [0.15, 0.2) is 0 Å². The standard InChI is InChI=1S/C29H33Cl2N3O2/c1-29(2,35)20-7-10-28-24(17-20)22(23-5-3-11-32-27(23)19-36-28)6-4-12-33-13-15-34(16-14-33)21-8-9-25(30)26(31)18-21/h3,5-11,17-18,27,32,35H,4,12-16,19H2,1-2H3/b22-6+. The van der Waals surface area contributed by atoms with E-state index in [0.29, 0.717) is 16.7 Å². The van der Waals surface area contributed by atoms with Gasteiger partial charge >= 0.3 is 0 Å². The molecular formula is C29H33Cl2N3O2. The molecule has 0 aromatic heterocycles. The zero-order chi connectivity index (χ0) is 25.3. The maximum atomic E-state index is 10.6. The van der Waals surface area contributed by atoms with E-state index < -0.39 is 5.60 Å². The number of fused-ring (bicyclic) bond motifs is 2. The summed E-state index contributed by atoms with van der Waals surface area (Å²) in [6, 6.07) is 12.0. The molecule has 0 aliphatic carbocycles. The number of ether oxygens (including phenoxy) is 1. The van der Waals surface area contributed by atoms with Crippen LogP contribution in [0.25, 0.3) is 5.57 Å². The van der Waals surface area contributed by atoms with Gasteiger partial charge in [-0.25, -0.2) is 0 Å². The third-order valence-electron chi connectivity index (χ3n) is 7.17. The molecular weight excluding hydrogens is 493 g/mol. The highest BCUT2D eigenvalue weighted by Crippen LogP contribution is 2.39. The molecule has 2 aromatic rings. The van der Waals surface area contributed by atoms with Crippen LogP contribution in [-0.2, 0) is 5.60 Å². The zero-order valence-electron chi connectivity index (χ0n) is 20.8. The van der Waals surface area contributed by atoms with E-state index in [-0.39, 0.29) is 6.04 Å². The van der Waals surface area contributed by atoms with E-state index in [0.717, 1.165) is 61.7 Å². The number of nitrogens with zero attached hydrogens (tertiary/aromatic N) is 2. The minimum Gasteiger partial charge on any atom is -0.490 e. The number of hydrogen-bond donors (Lipinski definition) is 2. The van der Waals surface area contributed by atoms with Crippen LogP contribution in [0.2, 0.25) is 10.0 Å². The molecule has 190 valence electrons. The molecule has 0 radical (unpaired) electrons. The van der Waals surface area contributed by atoms with Crippen LogP contribution < -0.4 is 15.0 Å². The monoisotopic (exact) mass is 525 g/mol. The molecule has 0 bridgehead atoms. The molecule has 7 heteroatoms. The molecule has 1 saturated heterocycles. The first-order valence-corrected chi connectivity index (χ1v) is 13.3. The lowest BCUT2D eigenvalue weighted by Crippen LogP contribution is -2.46. The summed E-state index contributed by atoms with van der Waals surface area (Å²) < 4.78 is 6.19. The summed E-state index contributed by atoms with van der Waals surface area (Å²) in [5.74, 6) is 0.863. The van der Waals surface area contributed by atoms with Gasteiger partial charge in [0.1, 0.15) is 12.4 Å². The Balaban J connectivity index is 1.31. The topological polar surface area (TPSA) is 48.0 Å². The van der Waals surface area contributed by atoms with E-state index in [1.165, 1.54) is 11.1 Å². The Morgan fingerprint density at radius 2 is 1.89 bits per heavy atom. The molecule has 3 aliphatic rings. The number of hydrogen-bond acceptors (Lipinski definition) is 5. The number of rotatable bonds is 5. The number of dihydropyridines is 1. The maximum Gasteiger partial charge on any atom is 0.127 e. The first-order chi connectivity index (χ1) is 17.3. The lowest BCUT2D eigenvalue weighted by molar-refractivity contribution is 0.0785. The molecule has 0 saturated carbocycles. The van der Waals surface area contributed by atoms with Crippen LogP contribution in [0.1, 0.15) is 31.4 Å². The van der Waals surface area contributed by atoms with E-state index >= 15 is 0 Å². The Kier molecular flexibility index (Phi) is 7.36. The Hall–Kier alpha value is -2.44. The third-order valence-corrected chi connectivity index (χ3v) is 7.91. The van der Waals surface area contributed by atoms with Crippen molar-refractivity contribution in [2.45, 2.75) is 31.9 Å². The van der Waals surface area contributed by atoms with Gasteiger partial charge in [-0.3, -0.25) is 4.90 Å². The zero-order valence-corrected chi connectivity index (χ0v) is 22.3. The highest BCUT2D eigenvalue weighted by molar-refractivity contribution is 6.42. The van der Waals surface area contributed by atoms with E-state index in [1.807, 2.05) is 56.5 Å². The van der Waals surface area contributed by atoms with Crippen LogP contribution in [-0.4, -0.2) is 55.4 Å². The van der Waals surface area contributed by atoms with Crippen molar-refractivity contribution in [2.75, 3.05) is 44.2 Å². The van der Waals surface area contributed by atoms with Gasteiger partial charge in [0.25, 0.3) is 0 Å². The van der Waals surface area contributed by atoms with Crippen LogP contribution in [0.3, 0.4) is 0 Å². The van der Waals surface area contributed by atoms with Crippen molar-refractivity contribution in [1.29, 1.82) is 0 Å². The van der Waals surface area contributed by atoms with Crippen LogP contribution in [0.15, 0.2) is 66.4 Å². The highest BCUT2D eigenvalue weighted by Gasteiger charge is 2.28. The molecule has 5 nitrogen and oxygen atoms in total. The minimum atomic E-state index is -0.918. The first-order valence-electron chi connectivity index (χ1n) is 12.6. The van der Waals surface area contributed by atoms with Crippen LogP contribution in [0.4, 0.5) is 5.69 Å². The Morgan fingerprint density at radius 3 is 2.64 bits per heavy atom. The van der Waals surface area contributed by atoms with Crippen LogP contribution in [0, 0.1) is 0 Å². The lowest BCUT2D eigenvalue weighted by Gasteiger charge is -2.36. The first kappa shape index (κ1) is 25.2. The van der Waals surface area contributed by atoms with Gasteiger partial charge < -0.3 is 20.1 Å². The number of aliphatic hydroxyl groups is 1. The molecule has 36 heavy (non-hydrogen) atoms. The molecule has 1 unspecified atom stereocenters. The Labute approximate surface area is 223 Å². The fourth-order valence-electron chi connectivity index (χ4n) is 5.05. The van der Waals surface area contributed by atoms with Gasteiger partial charge in [-0.2, -0.15) is 0 Å². The molecule has 5 rings (SSSR count). The number of nitrogens with one attached hydrogen (secondary N) is 1. The molecule has 0 amide bonds. The van der Waals surface area contributed by atoms with Crippen molar-refractivity contribution in [1.82, 2.24) is 10.2 Å². The molecule has 1 atom stereocenters. The Morgan fingerprint density at radius 1 is 1.08 bits per heavy atom. The van der Waals surface area contributed by atoms with Crippen molar-refractivity contribution in [3.05, 3.63) is 87.6 Å². The average molecular weight is 527 g/mol.